The molecular formula is C14H13ClO3S. The Morgan fingerprint density at radius 1 is 1.42 bits per heavy atom. The van der Waals surface area contributed by atoms with E-state index < -0.39 is 0 Å². The fraction of sp³-hybridized carbons (Fsp3) is 0.214. The molecule has 1 N–H and O–H groups in total. The molecule has 1 aromatic heterocycles. The third-order valence-electron chi connectivity index (χ3n) is 2.71. The number of carbonyl (C=O) groups excluding carboxylic acids is 1. The summed E-state index contributed by atoms with van der Waals surface area (Å²) in [5, 5.41) is 10.5. The van der Waals surface area contributed by atoms with Crippen LogP contribution in [0.1, 0.15) is 22.5 Å². The highest BCUT2D eigenvalue weighted by molar-refractivity contribution is 7.20. The quantitative estimate of drug-likeness (QED) is 0.648. The Kier molecular flexibility index (Phi) is 4.12. The standard InChI is InChI=1S/C14H13ClO3S/c1-8(16)3-4-11(17)14-6-9-5-10(15)12(18-2)7-13(9)19-14/h5-7,16H,1,3-4H2,2H3. The fourth-order valence-corrected chi connectivity index (χ4v) is 3.00. The van der Waals surface area contributed by atoms with E-state index >= 15 is 0 Å². The maximum atomic E-state index is 12.0. The zero-order valence-corrected chi connectivity index (χ0v) is 12.0. The van der Waals surface area contributed by atoms with E-state index in [0.717, 1.165) is 10.1 Å². The average Bonchev–Trinajstić information content (AvgIpc) is 2.77. The van der Waals surface area contributed by atoms with Gasteiger partial charge in [-0.2, -0.15) is 0 Å². The molecule has 0 unspecified atom stereocenters. The number of ketones is 1. The van der Waals surface area contributed by atoms with Gasteiger partial charge < -0.3 is 9.84 Å². The summed E-state index contributed by atoms with van der Waals surface area (Å²) >= 11 is 7.44. The summed E-state index contributed by atoms with van der Waals surface area (Å²) in [6.07, 6.45) is 0.546. The van der Waals surface area contributed by atoms with Crippen molar-refractivity contribution in [3.05, 3.63) is 40.4 Å². The van der Waals surface area contributed by atoms with Crippen LogP contribution >= 0.6 is 22.9 Å². The molecule has 0 bridgehead atoms. The van der Waals surface area contributed by atoms with Crippen molar-refractivity contribution in [2.75, 3.05) is 7.11 Å². The lowest BCUT2D eigenvalue weighted by Gasteiger charge is -2.01. The van der Waals surface area contributed by atoms with E-state index in [1.807, 2.05) is 12.1 Å². The van der Waals surface area contributed by atoms with E-state index in [4.69, 9.17) is 21.4 Å². The van der Waals surface area contributed by atoms with Gasteiger partial charge in [0, 0.05) is 17.5 Å². The summed E-state index contributed by atoms with van der Waals surface area (Å²) in [6, 6.07) is 5.42. The van der Waals surface area contributed by atoms with Crippen molar-refractivity contribution < 1.29 is 14.6 Å². The topological polar surface area (TPSA) is 46.5 Å². The predicted molar refractivity (Wildman–Crippen MR) is 78.7 cm³/mol. The second kappa shape index (κ2) is 5.63. The van der Waals surface area contributed by atoms with Gasteiger partial charge in [-0.3, -0.25) is 4.79 Å². The van der Waals surface area contributed by atoms with Crippen LogP contribution in [0.25, 0.3) is 10.1 Å². The van der Waals surface area contributed by atoms with Crippen molar-refractivity contribution >= 4 is 38.8 Å². The first-order chi connectivity index (χ1) is 9.01. The molecule has 0 aliphatic carbocycles. The van der Waals surface area contributed by atoms with E-state index in [0.29, 0.717) is 15.6 Å². The highest BCUT2D eigenvalue weighted by Crippen LogP contribution is 2.35. The number of aliphatic hydroxyl groups is 1. The van der Waals surface area contributed by atoms with Crippen LogP contribution in [0.5, 0.6) is 5.75 Å². The van der Waals surface area contributed by atoms with Crippen molar-refractivity contribution in [1.29, 1.82) is 0 Å². The van der Waals surface area contributed by atoms with Gasteiger partial charge in [0.25, 0.3) is 0 Å². The summed E-state index contributed by atoms with van der Waals surface area (Å²) in [5.74, 6) is 0.615. The van der Waals surface area contributed by atoms with Crippen molar-refractivity contribution in [3.63, 3.8) is 0 Å². The highest BCUT2D eigenvalue weighted by atomic mass is 35.5. The van der Waals surface area contributed by atoms with Crippen molar-refractivity contribution in [2.45, 2.75) is 12.8 Å². The molecule has 5 heteroatoms. The lowest BCUT2D eigenvalue weighted by molar-refractivity contribution is 0.0982. The molecular weight excluding hydrogens is 284 g/mol. The van der Waals surface area contributed by atoms with E-state index in [2.05, 4.69) is 6.58 Å². The van der Waals surface area contributed by atoms with Crippen molar-refractivity contribution in [1.82, 2.24) is 0 Å². The third-order valence-corrected chi connectivity index (χ3v) is 4.14. The van der Waals surface area contributed by atoms with Gasteiger partial charge in [-0.15, -0.1) is 11.3 Å². The molecule has 0 radical (unpaired) electrons. The number of carbonyl (C=O) groups is 1. The third kappa shape index (κ3) is 3.08. The Labute approximate surface area is 120 Å². The normalized spacial score (nSPS) is 10.6. The lowest BCUT2D eigenvalue weighted by atomic mass is 10.1. The number of rotatable bonds is 5. The highest BCUT2D eigenvalue weighted by Gasteiger charge is 2.12. The number of thiophene rings is 1. The average molecular weight is 297 g/mol. The van der Waals surface area contributed by atoms with E-state index in [1.165, 1.54) is 11.3 Å². The fourth-order valence-electron chi connectivity index (χ4n) is 1.72. The number of fused-ring (bicyclic) bond motifs is 1. The van der Waals surface area contributed by atoms with Crippen LogP contribution in [0.15, 0.2) is 30.5 Å². The maximum Gasteiger partial charge on any atom is 0.173 e. The second-order valence-electron chi connectivity index (χ2n) is 4.12. The molecule has 0 aliphatic rings. The first kappa shape index (κ1) is 13.9. The molecule has 1 aromatic carbocycles. The Bertz CT molecular complexity index is 645. The smallest absolute Gasteiger partial charge is 0.173 e. The molecule has 3 nitrogen and oxygen atoms in total. The maximum absolute atomic E-state index is 12.0. The van der Waals surface area contributed by atoms with Gasteiger partial charge in [0.15, 0.2) is 5.78 Å². The number of hydrogen-bond donors (Lipinski definition) is 1. The molecule has 1 heterocycles. The second-order valence-corrected chi connectivity index (χ2v) is 5.62. The van der Waals surface area contributed by atoms with Crippen molar-refractivity contribution in [3.8, 4) is 5.75 Å². The number of halogens is 1. The summed E-state index contributed by atoms with van der Waals surface area (Å²) in [5.41, 5.74) is 0. The Hall–Kier alpha value is -1.52. The first-order valence-electron chi connectivity index (χ1n) is 5.68. The number of Topliss-reactive ketones (excluding diaryl/α,β-unsaturated/α-hetero) is 1. The lowest BCUT2D eigenvalue weighted by Crippen LogP contribution is -1.96. The zero-order chi connectivity index (χ0) is 14.0. The van der Waals surface area contributed by atoms with Crippen LogP contribution in [0.3, 0.4) is 0 Å². The van der Waals surface area contributed by atoms with Crippen LogP contribution in [0, 0.1) is 0 Å². The minimum Gasteiger partial charge on any atom is -0.513 e. The molecule has 100 valence electrons. The van der Waals surface area contributed by atoms with Gasteiger partial charge in [0.05, 0.1) is 22.8 Å². The molecule has 0 aliphatic heterocycles. The number of allylic oxidation sites excluding steroid dienone is 1. The molecule has 0 atom stereocenters. The van der Waals surface area contributed by atoms with Gasteiger partial charge in [0.2, 0.25) is 0 Å². The summed E-state index contributed by atoms with van der Waals surface area (Å²) in [7, 11) is 1.56. The van der Waals surface area contributed by atoms with Gasteiger partial charge in [-0.25, -0.2) is 0 Å². The summed E-state index contributed by atoms with van der Waals surface area (Å²) in [4.78, 5) is 12.6. The molecule has 2 aromatic rings. The Morgan fingerprint density at radius 2 is 2.16 bits per heavy atom. The minimum atomic E-state index is -0.00788. The van der Waals surface area contributed by atoms with Gasteiger partial charge in [-0.05, 0) is 23.6 Å². The molecule has 0 saturated heterocycles. The van der Waals surface area contributed by atoms with Crippen LogP contribution in [-0.2, 0) is 0 Å². The van der Waals surface area contributed by atoms with Gasteiger partial charge in [-0.1, -0.05) is 18.2 Å². The van der Waals surface area contributed by atoms with Crippen LogP contribution in [0.4, 0.5) is 0 Å². The molecule has 2 rings (SSSR count). The first-order valence-corrected chi connectivity index (χ1v) is 6.87. The van der Waals surface area contributed by atoms with E-state index in [1.54, 1.807) is 13.2 Å². The minimum absolute atomic E-state index is 0.00788. The summed E-state index contributed by atoms with van der Waals surface area (Å²) in [6.45, 7) is 3.37. The monoisotopic (exact) mass is 296 g/mol. The van der Waals surface area contributed by atoms with Crippen molar-refractivity contribution in [2.24, 2.45) is 0 Å². The molecule has 19 heavy (non-hydrogen) atoms. The number of aliphatic hydroxyl groups excluding tert-OH is 1. The van der Waals surface area contributed by atoms with Gasteiger partial charge >= 0.3 is 0 Å². The zero-order valence-electron chi connectivity index (χ0n) is 10.4. The molecule has 0 amide bonds. The number of hydrogen-bond acceptors (Lipinski definition) is 4. The van der Waals surface area contributed by atoms with Crippen LogP contribution in [0.2, 0.25) is 5.02 Å². The van der Waals surface area contributed by atoms with E-state index in [-0.39, 0.29) is 24.4 Å². The SMILES string of the molecule is C=C(O)CCC(=O)c1cc2cc(Cl)c(OC)cc2s1. The largest absolute Gasteiger partial charge is 0.513 e. The van der Waals surface area contributed by atoms with Crippen LogP contribution in [-0.4, -0.2) is 18.0 Å². The molecule has 0 spiro atoms. The number of ether oxygens (including phenoxy) is 1. The van der Waals surface area contributed by atoms with Crippen LogP contribution < -0.4 is 4.74 Å². The Morgan fingerprint density at radius 3 is 2.79 bits per heavy atom. The summed E-state index contributed by atoms with van der Waals surface area (Å²) < 4.78 is 6.10. The number of methoxy groups -OCH3 is 1. The molecule has 0 saturated carbocycles. The Balaban J connectivity index is 2.31. The van der Waals surface area contributed by atoms with E-state index in [9.17, 15) is 4.79 Å². The number of benzene rings is 1. The molecule has 0 fully saturated rings. The predicted octanol–water partition coefficient (Wildman–Crippen LogP) is 4.60. The van der Waals surface area contributed by atoms with Gasteiger partial charge in [0.1, 0.15) is 5.75 Å².